The van der Waals surface area contributed by atoms with Crippen LogP contribution in [0.3, 0.4) is 0 Å². The second-order valence-corrected chi connectivity index (χ2v) is 4.66. The summed E-state index contributed by atoms with van der Waals surface area (Å²) in [7, 11) is 2.01. The quantitative estimate of drug-likeness (QED) is 0.672. The van der Waals surface area contributed by atoms with Crippen LogP contribution in [0, 0.1) is 0 Å². The zero-order valence-corrected chi connectivity index (χ0v) is 9.53. The van der Waals surface area contributed by atoms with Gasteiger partial charge in [0.15, 0.2) is 0 Å². The van der Waals surface area contributed by atoms with E-state index in [-0.39, 0.29) is 5.97 Å². The van der Waals surface area contributed by atoms with Crippen LogP contribution >= 0.6 is 0 Å². The lowest BCUT2D eigenvalue weighted by Crippen LogP contribution is -2.50. The lowest BCUT2D eigenvalue weighted by Gasteiger charge is -2.36. The minimum Gasteiger partial charge on any atom is -0.463 e. The molecule has 1 aliphatic heterocycles. The number of nitrogens with zero attached hydrogens (tertiary/aromatic N) is 1. The van der Waals surface area contributed by atoms with E-state index in [0.29, 0.717) is 31.3 Å². The van der Waals surface area contributed by atoms with Crippen molar-refractivity contribution in [2.75, 3.05) is 20.2 Å². The van der Waals surface area contributed by atoms with Crippen LogP contribution in [0.1, 0.15) is 26.2 Å². The fraction of sp³-hybridized carbons (Fsp3) is 0.909. The Morgan fingerprint density at radius 1 is 1.47 bits per heavy atom. The molecule has 3 atom stereocenters. The molecule has 15 heavy (non-hydrogen) atoms. The molecule has 0 spiro atoms. The molecule has 4 nitrogen and oxygen atoms in total. The normalized spacial score (nSPS) is 38.0. The Morgan fingerprint density at radius 2 is 2.27 bits per heavy atom. The van der Waals surface area contributed by atoms with Crippen molar-refractivity contribution in [1.29, 1.82) is 0 Å². The molecule has 0 aromatic heterocycles. The number of hydrogen-bond donors (Lipinski definition) is 1. The van der Waals surface area contributed by atoms with Crippen molar-refractivity contribution in [3.8, 4) is 0 Å². The van der Waals surface area contributed by atoms with Crippen LogP contribution in [0.25, 0.3) is 0 Å². The predicted octanol–water partition coefficient (Wildman–Crippen LogP) is 0.374. The fourth-order valence-corrected chi connectivity index (χ4v) is 2.67. The Hall–Kier alpha value is -0.610. The topological polar surface area (TPSA) is 41.6 Å². The molecule has 0 bridgehead atoms. The van der Waals surface area contributed by atoms with Crippen molar-refractivity contribution in [1.82, 2.24) is 10.2 Å². The molecule has 0 aromatic carbocycles. The van der Waals surface area contributed by atoms with E-state index < -0.39 is 0 Å². The van der Waals surface area contributed by atoms with E-state index in [1.54, 1.807) is 0 Å². The standard InChI is InChI=1S/C11H20N2O2/c1-8-7-15-11(14)6-13(8)10-4-3-9(5-10)12-2/h8-10,12H,3-7H2,1-2H3. The Labute approximate surface area is 91.0 Å². The van der Waals surface area contributed by atoms with Crippen molar-refractivity contribution in [2.24, 2.45) is 0 Å². The van der Waals surface area contributed by atoms with Crippen molar-refractivity contribution < 1.29 is 9.53 Å². The number of esters is 1. The molecule has 3 unspecified atom stereocenters. The summed E-state index contributed by atoms with van der Waals surface area (Å²) in [6.45, 7) is 3.17. The third kappa shape index (κ3) is 2.32. The number of nitrogens with one attached hydrogen (secondary N) is 1. The zero-order valence-electron chi connectivity index (χ0n) is 9.53. The van der Waals surface area contributed by atoms with Crippen molar-refractivity contribution >= 4 is 5.97 Å². The SMILES string of the molecule is CNC1CCC(N2CC(=O)OCC2C)C1. The van der Waals surface area contributed by atoms with Gasteiger partial charge in [-0.15, -0.1) is 0 Å². The lowest BCUT2D eigenvalue weighted by molar-refractivity contribution is -0.155. The van der Waals surface area contributed by atoms with Gasteiger partial charge in [-0.05, 0) is 33.2 Å². The molecule has 1 N–H and O–H groups in total. The Morgan fingerprint density at radius 3 is 2.93 bits per heavy atom. The van der Waals surface area contributed by atoms with Gasteiger partial charge in [-0.2, -0.15) is 0 Å². The first-order chi connectivity index (χ1) is 7.20. The van der Waals surface area contributed by atoms with E-state index in [4.69, 9.17) is 4.74 Å². The van der Waals surface area contributed by atoms with Crippen LogP contribution in [0.5, 0.6) is 0 Å². The summed E-state index contributed by atoms with van der Waals surface area (Å²) in [5.41, 5.74) is 0. The van der Waals surface area contributed by atoms with E-state index in [2.05, 4.69) is 17.1 Å². The summed E-state index contributed by atoms with van der Waals surface area (Å²) in [5, 5.41) is 3.32. The van der Waals surface area contributed by atoms with Gasteiger partial charge in [-0.1, -0.05) is 0 Å². The van der Waals surface area contributed by atoms with Gasteiger partial charge in [-0.3, -0.25) is 9.69 Å². The number of ether oxygens (including phenoxy) is 1. The highest BCUT2D eigenvalue weighted by atomic mass is 16.5. The second kappa shape index (κ2) is 4.49. The molecular formula is C11H20N2O2. The van der Waals surface area contributed by atoms with E-state index >= 15 is 0 Å². The highest BCUT2D eigenvalue weighted by Gasteiger charge is 2.35. The predicted molar refractivity (Wildman–Crippen MR) is 57.6 cm³/mol. The second-order valence-electron chi connectivity index (χ2n) is 4.66. The molecule has 1 aliphatic carbocycles. The van der Waals surface area contributed by atoms with Crippen LogP contribution in [-0.2, 0) is 9.53 Å². The minimum atomic E-state index is -0.0685. The van der Waals surface area contributed by atoms with Crippen LogP contribution in [-0.4, -0.2) is 49.2 Å². The molecule has 2 rings (SSSR count). The maximum absolute atomic E-state index is 11.2. The third-order valence-electron chi connectivity index (χ3n) is 3.65. The molecule has 2 aliphatic rings. The van der Waals surface area contributed by atoms with E-state index in [1.165, 1.54) is 12.8 Å². The van der Waals surface area contributed by atoms with Gasteiger partial charge in [0.05, 0.1) is 6.54 Å². The summed E-state index contributed by atoms with van der Waals surface area (Å²) in [6, 6.07) is 1.56. The average molecular weight is 212 g/mol. The largest absolute Gasteiger partial charge is 0.463 e. The van der Waals surface area contributed by atoms with Crippen LogP contribution in [0.4, 0.5) is 0 Å². The first-order valence-corrected chi connectivity index (χ1v) is 5.79. The zero-order chi connectivity index (χ0) is 10.8. The average Bonchev–Trinajstić information content (AvgIpc) is 2.70. The van der Waals surface area contributed by atoms with Crippen LogP contribution in [0.2, 0.25) is 0 Å². The molecule has 4 heteroatoms. The molecule has 0 amide bonds. The van der Waals surface area contributed by atoms with Crippen LogP contribution in [0.15, 0.2) is 0 Å². The van der Waals surface area contributed by atoms with Crippen molar-refractivity contribution in [2.45, 2.75) is 44.3 Å². The smallest absolute Gasteiger partial charge is 0.320 e. The molecule has 1 saturated heterocycles. The molecule has 1 saturated carbocycles. The van der Waals surface area contributed by atoms with Crippen molar-refractivity contribution in [3.05, 3.63) is 0 Å². The van der Waals surface area contributed by atoms with Gasteiger partial charge in [-0.25, -0.2) is 0 Å². The molecule has 0 aromatic rings. The highest BCUT2D eigenvalue weighted by molar-refractivity contribution is 5.72. The number of carbonyl (C=O) groups excluding carboxylic acids is 1. The van der Waals surface area contributed by atoms with Gasteiger partial charge in [0.2, 0.25) is 0 Å². The Balaban J connectivity index is 1.94. The number of cyclic esters (lactones) is 1. The summed E-state index contributed by atoms with van der Waals surface area (Å²) in [6.07, 6.45) is 3.58. The maximum atomic E-state index is 11.2. The van der Waals surface area contributed by atoms with Gasteiger partial charge < -0.3 is 10.1 Å². The minimum absolute atomic E-state index is 0.0685. The van der Waals surface area contributed by atoms with E-state index in [1.807, 2.05) is 7.05 Å². The lowest BCUT2D eigenvalue weighted by atomic mass is 10.1. The summed E-state index contributed by atoms with van der Waals surface area (Å²) in [4.78, 5) is 13.6. The highest BCUT2D eigenvalue weighted by Crippen LogP contribution is 2.26. The maximum Gasteiger partial charge on any atom is 0.320 e. The number of rotatable bonds is 2. The molecule has 2 fully saturated rings. The number of carbonyl (C=O) groups is 1. The van der Waals surface area contributed by atoms with Crippen molar-refractivity contribution in [3.63, 3.8) is 0 Å². The van der Waals surface area contributed by atoms with Gasteiger partial charge in [0, 0.05) is 18.1 Å². The monoisotopic (exact) mass is 212 g/mol. The molecule has 86 valence electrons. The number of morpholine rings is 1. The third-order valence-corrected chi connectivity index (χ3v) is 3.65. The van der Waals surface area contributed by atoms with Crippen LogP contribution < -0.4 is 5.32 Å². The first kappa shape index (κ1) is 10.9. The summed E-state index contributed by atoms with van der Waals surface area (Å²) < 4.78 is 5.04. The molecule has 0 radical (unpaired) electrons. The fourth-order valence-electron chi connectivity index (χ4n) is 2.67. The van der Waals surface area contributed by atoms with Gasteiger partial charge >= 0.3 is 5.97 Å². The van der Waals surface area contributed by atoms with Gasteiger partial charge in [0.25, 0.3) is 0 Å². The van der Waals surface area contributed by atoms with E-state index in [0.717, 1.165) is 6.42 Å². The summed E-state index contributed by atoms with van der Waals surface area (Å²) in [5.74, 6) is -0.0685. The Kier molecular flexibility index (Phi) is 3.26. The van der Waals surface area contributed by atoms with Gasteiger partial charge in [0.1, 0.15) is 6.61 Å². The molecular weight excluding hydrogens is 192 g/mol. The summed E-state index contributed by atoms with van der Waals surface area (Å²) >= 11 is 0. The van der Waals surface area contributed by atoms with E-state index in [9.17, 15) is 4.79 Å². The Bertz CT molecular complexity index is 245. The first-order valence-electron chi connectivity index (χ1n) is 5.79. The molecule has 1 heterocycles. The number of hydrogen-bond acceptors (Lipinski definition) is 4.